The van der Waals surface area contributed by atoms with Crippen molar-refractivity contribution < 1.29 is 8.42 Å². The zero-order chi connectivity index (χ0) is 15.2. The largest absolute Gasteiger partial charge is 0.314 e. The fourth-order valence-corrected chi connectivity index (χ4v) is 4.74. The standard InChI is InChI=1S/C15H32N2O2S/c1-13(2)12-17(15-8-5-6-9-15)20(18,19)11-7-10-16-14(3)4/h13-16H,5-12H2,1-4H3. The highest BCUT2D eigenvalue weighted by molar-refractivity contribution is 7.89. The van der Waals surface area contributed by atoms with E-state index in [-0.39, 0.29) is 11.8 Å². The molecular weight excluding hydrogens is 272 g/mol. The third kappa shape index (κ3) is 6.10. The average molecular weight is 304 g/mol. The Bertz CT molecular complexity index is 360. The lowest BCUT2D eigenvalue weighted by Crippen LogP contribution is -2.42. The molecule has 1 N–H and O–H groups in total. The molecule has 5 heteroatoms. The molecule has 0 aromatic carbocycles. The summed E-state index contributed by atoms with van der Waals surface area (Å²) in [5.74, 6) is 0.662. The Morgan fingerprint density at radius 3 is 2.25 bits per heavy atom. The number of rotatable bonds is 9. The van der Waals surface area contributed by atoms with Gasteiger partial charge in [-0.15, -0.1) is 0 Å². The molecule has 1 aliphatic carbocycles. The lowest BCUT2D eigenvalue weighted by molar-refractivity contribution is 0.292. The molecule has 0 saturated heterocycles. The van der Waals surface area contributed by atoms with Crippen LogP contribution in [0.4, 0.5) is 0 Å². The van der Waals surface area contributed by atoms with E-state index >= 15 is 0 Å². The number of nitrogens with zero attached hydrogens (tertiary/aromatic N) is 1. The summed E-state index contributed by atoms with van der Waals surface area (Å²) in [6.45, 7) is 9.80. The fourth-order valence-electron chi connectivity index (χ4n) is 2.80. The molecule has 0 atom stereocenters. The van der Waals surface area contributed by atoms with Gasteiger partial charge in [0.2, 0.25) is 10.0 Å². The Balaban J connectivity index is 2.57. The first-order chi connectivity index (χ1) is 9.33. The van der Waals surface area contributed by atoms with Crippen LogP contribution in [-0.4, -0.2) is 43.6 Å². The van der Waals surface area contributed by atoms with Crippen LogP contribution >= 0.6 is 0 Å². The number of sulfonamides is 1. The number of hydrogen-bond acceptors (Lipinski definition) is 3. The van der Waals surface area contributed by atoms with Gasteiger partial charge in [0.1, 0.15) is 0 Å². The second-order valence-electron chi connectivity index (χ2n) is 6.68. The molecular formula is C15H32N2O2S. The minimum atomic E-state index is -3.11. The molecule has 1 saturated carbocycles. The summed E-state index contributed by atoms with van der Waals surface area (Å²) in [4.78, 5) is 0. The van der Waals surface area contributed by atoms with E-state index in [1.165, 1.54) is 12.8 Å². The van der Waals surface area contributed by atoms with Gasteiger partial charge in [-0.25, -0.2) is 8.42 Å². The van der Waals surface area contributed by atoms with Gasteiger partial charge in [-0.2, -0.15) is 4.31 Å². The van der Waals surface area contributed by atoms with Gasteiger partial charge in [0.05, 0.1) is 5.75 Å². The predicted octanol–water partition coefficient (Wildman–Crippen LogP) is 2.60. The maximum Gasteiger partial charge on any atom is 0.214 e. The average Bonchev–Trinajstić information content (AvgIpc) is 2.84. The van der Waals surface area contributed by atoms with Crippen LogP contribution in [0.2, 0.25) is 0 Å². The van der Waals surface area contributed by atoms with Crippen molar-refractivity contribution in [3.8, 4) is 0 Å². The maximum absolute atomic E-state index is 12.6. The van der Waals surface area contributed by atoms with Crippen molar-refractivity contribution >= 4 is 10.0 Å². The Kier molecular flexibility index (Phi) is 7.48. The maximum atomic E-state index is 12.6. The van der Waals surface area contributed by atoms with Crippen LogP contribution in [0.1, 0.15) is 59.8 Å². The van der Waals surface area contributed by atoms with E-state index in [1.54, 1.807) is 4.31 Å². The summed E-state index contributed by atoms with van der Waals surface area (Å²) < 4.78 is 27.0. The van der Waals surface area contributed by atoms with Crippen molar-refractivity contribution in [3.63, 3.8) is 0 Å². The summed E-state index contributed by atoms with van der Waals surface area (Å²) in [6, 6.07) is 0.666. The van der Waals surface area contributed by atoms with E-state index in [0.717, 1.165) is 19.4 Å². The third-order valence-electron chi connectivity index (χ3n) is 3.77. The zero-order valence-corrected chi connectivity index (χ0v) is 14.4. The monoisotopic (exact) mass is 304 g/mol. The normalized spacial score (nSPS) is 17.8. The van der Waals surface area contributed by atoms with Crippen molar-refractivity contribution in [2.75, 3.05) is 18.8 Å². The van der Waals surface area contributed by atoms with E-state index in [2.05, 4.69) is 33.0 Å². The molecule has 1 rings (SSSR count). The molecule has 0 aromatic rings. The molecule has 1 fully saturated rings. The first-order valence-electron chi connectivity index (χ1n) is 8.06. The molecule has 4 nitrogen and oxygen atoms in total. The molecule has 120 valence electrons. The molecule has 0 amide bonds. The van der Waals surface area contributed by atoms with Gasteiger partial charge < -0.3 is 5.32 Å². The highest BCUT2D eigenvalue weighted by Crippen LogP contribution is 2.26. The highest BCUT2D eigenvalue weighted by Gasteiger charge is 2.31. The van der Waals surface area contributed by atoms with E-state index in [1.807, 2.05) is 0 Å². The molecule has 0 unspecified atom stereocenters. The van der Waals surface area contributed by atoms with E-state index in [0.29, 0.717) is 24.9 Å². The van der Waals surface area contributed by atoms with Gasteiger partial charge in [0.15, 0.2) is 0 Å². The number of nitrogens with one attached hydrogen (secondary N) is 1. The first kappa shape index (κ1) is 17.9. The zero-order valence-electron chi connectivity index (χ0n) is 13.6. The summed E-state index contributed by atoms with van der Waals surface area (Å²) in [6.07, 6.45) is 5.11. The first-order valence-corrected chi connectivity index (χ1v) is 9.66. The lowest BCUT2D eigenvalue weighted by Gasteiger charge is -2.29. The van der Waals surface area contributed by atoms with Gasteiger partial charge in [0, 0.05) is 18.6 Å². The van der Waals surface area contributed by atoms with Gasteiger partial charge in [-0.1, -0.05) is 40.5 Å². The van der Waals surface area contributed by atoms with Crippen molar-refractivity contribution in [1.82, 2.24) is 9.62 Å². The molecule has 0 heterocycles. The van der Waals surface area contributed by atoms with E-state index in [9.17, 15) is 8.42 Å². The quantitative estimate of drug-likeness (QED) is 0.666. The van der Waals surface area contributed by atoms with Crippen LogP contribution in [0.5, 0.6) is 0 Å². The second-order valence-corrected chi connectivity index (χ2v) is 8.72. The molecule has 0 aromatic heterocycles. The Labute approximate surface area is 125 Å². The molecule has 0 bridgehead atoms. The number of hydrogen-bond donors (Lipinski definition) is 1. The molecule has 20 heavy (non-hydrogen) atoms. The van der Waals surface area contributed by atoms with Crippen LogP contribution in [-0.2, 0) is 10.0 Å². The minimum absolute atomic E-state index is 0.250. The van der Waals surface area contributed by atoms with Gasteiger partial charge in [0.25, 0.3) is 0 Å². The van der Waals surface area contributed by atoms with Crippen molar-refractivity contribution in [2.24, 2.45) is 5.92 Å². The topological polar surface area (TPSA) is 49.4 Å². The van der Waals surface area contributed by atoms with E-state index < -0.39 is 10.0 Å². The Hall–Kier alpha value is -0.130. The fraction of sp³-hybridized carbons (Fsp3) is 1.00. The smallest absolute Gasteiger partial charge is 0.214 e. The second kappa shape index (κ2) is 8.35. The van der Waals surface area contributed by atoms with Crippen LogP contribution in [0, 0.1) is 5.92 Å². The molecule has 0 aliphatic heterocycles. The van der Waals surface area contributed by atoms with Crippen LogP contribution in [0.15, 0.2) is 0 Å². The molecule has 0 spiro atoms. The molecule has 1 aliphatic rings. The SMILES string of the molecule is CC(C)CN(C1CCCC1)S(=O)(=O)CCCNC(C)C. The Morgan fingerprint density at radius 1 is 1.15 bits per heavy atom. The third-order valence-corrected chi connectivity index (χ3v) is 5.73. The minimum Gasteiger partial charge on any atom is -0.314 e. The van der Waals surface area contributed by atoms with Gasteiger partial charge in [-0.3, -0.25) is 0 Å². The van der Waals surface area contributed by atoms with Gasteiger partial charge >= 0.3 is 0 Å². The van der Waals surface area contributed by atoms with E-state index in [4.69, 9.17) is 0 Å². The van der Waals surface area contributed by atoms with Crippen LogP contribution < -0.4 is 5.32 Å². The van der Waals surface area contributed by atoms with Crippen molar-refractivity contribution in [2.45, 2.75) is 71.9 Å². The summed E-state index contributed by atoms with van der Waals surface area (Å²) in [5.41, 5.74) is 0. The van der Waals surface area contributed by atoms with Crippen LogP contribution in [0.3, 0.4) is 0 Å². The highest BCUT2D eigenvalue weighted by atomic mass is 32.2. The predicted molar refractivity (Wildman–Crippen MR) is 85.3 cm³/mol. The summed E-state index contributed by atoms with van der Waals surface area (Å²) in [5, 5.41) is 3.28. The van der Waals surface area contributed by atoms with Crippen molar-refractivity contribution in [3.05, 3.63) is 0 Å². The summed E-state index contributed by atoms with van der Waals surface area (Å²) in [7, 11) is -3.11. The Morgan fingerprint density at radius 2 is 1.75 bits per heavy atom. The van der Waals surface area contributed by atoms with Gasteiger partial charge in [-0.05, 0) is 31.7 Å². The van der Waals surface area contributed by atoms with Crippen LogP contribution in [0.25, 0.3) is 0 Å². The molecule has 0 radical (unpaired) electrons. The van der Waals surface area contributed by atoms with Crippen molar-refractivity contribution in [1.29, 1.82) is 0 Å². The lowest BCUT2D eigenvalue weighted by atomic mass is 10.2. The summed E-state index contributed by atoms with van der Waals surface area (Å²) >= 11 is 0.